The first kappa shape index (κ1) is 31.3. The van der Waals surface area contributed by atoms with Crippen LogP contribution in [0, 0.1) is 6.92 Å². The fourth-order valence-electron chi connectivity index (χ4n) is 3.94. The number of methoxy groups -OCH3 is 1. The number of anilines is 1. The van der Waals surface area contributed by atoms with Crippen LogP contribution in [0.25, 0.3) is 0 Å². The van der Waals surface area contributed by atoms with Crippen LogP contribution in [-0.4, -0.2) is 51.4 Å². The number of rotatable bonds is 12. The zero-order valence-electron chi connectivity index (χ0n) is 22.9. The largest absolute Gasteiger partial charge is 0.497 e. The van der Waals surface area contributed by atoms with E-state index in [9.17, 15) is 18.0 Å². The third-order valence-electron chi connectivity index (χ3n) is 6.32. The monoisotopic (exact) mass is 605 g/mol. The maximum atomic E-state index is 13.9. The Morgan fingerprint density at radius 2 is 1.65 bits per heavy atom. The number of nitrogens with zero attached hydrogens (tertiary/aromatic N) is 2. The van der Waals surface area contributed by atoms with Gasteiger partial charge in [-0.15, -0.1) is 0 Å². The van der Waals surface area contributed by atoms with E-state index in [-0.39, 0.29) is 33.1 Å². The van der Waals surface area contributed by atoms with Crippen LogP contribution in [0.15, 0.2) is 71.6 Å². The van der Waals surface area contributed by atoms with Gasteiger partial charge in [-0.1, -0.05) is 66.0 Å². The zero-order chi connectivity index (χ0) is 29.4. The van der Waals surface area contributed by atoms with E-state index in [1.165, 1.54) is 29.2 Å². The number of carbonyl (C=O) groups is 2. The molecule has 0 fully saturated rings. The second-order valence-electron chi connectivity index (χ2n) is 9.23. The summed E-state index contributed by atoms with van der Waals surface area (Å²) in [6, 6.07) is 17.0. The summed E-state index contributed by atoms with van der Waals surface area (Å²) >= 11 is 12.7. The number of carbonyl (C=O) groups excluding carboxylic acids is 2. The first-order valence-electron chi connectivity index (χ1n) is 12.7. The number of nitrogens with one attached hydrogen (secondary N) is 1. The molecule has 0 radical (unpaired) electrons. The molecule has 0 aliphatic carbocycles. The van der Waals surface area contributed by atoms with Crippen molar-refractivity contribution in [2.45, 2.75) is 44.7 Å². The van der Waals surface area contributed by atoms with E-state index < -0.39 is 28.5 Å². The molecule has 0 aromatic heterocycles. The van der Waals surface area contributed by atoms with Crippen LogP contribution in [0.1, 0.15) is 31.4 Å². The topological polar surface area (TPSA) is 96.0 Å². The Morgan fingerprint density at radius 1 is 1.00 bits per heavy atom. The molecule has 2 amide bonds. The first-order chi connectivity index (χ1) is 19.0. The molecule has 0 spiro atoms. The molecule has 1 N–H and O–H groups in total. The Balaban J connectivity index is 2.05. The maximum Gasteiger partial charge on any atom is 0.264 e. The lowest BCUT2D eigenvalue weighted by molar-refractivity contribution is -0.139. The van der Waals surface area contributed by atoms with Gasteiger partial charge in [-0.3, -0.25) is 13.9 Å². The van der Waals surface area contributed by atoms with Gasteiger partial charge in [0.25, 0.3) is 10.0 Å². The quantitative estimate of drug-likeness (QED) is 0.296. The van der Waals surface area contributed by atoms with Gasteiger partial charge < -0.3 is 15.0 Å². The van der Waals surface area contributed by atoms with Gasteiger partial charge in [0, 0.05) is 13.1 Å². The summed E-state index contributed by atoms with van der Waals surface area (Å²) in [6.45, 7) is 5.27. The molecule has 214 valence electrons. The normalized spacial score (nSPS) is 11.9. The molecular formula is C29H33Cl2N3O5S. The Hall–Kier alpha value is -3.27. The summed E-state index contributed by atoms with van der Waals surface area (Å²) in [5.74, 6) is -0.305. The van der Waals surface area contributed by atoms with Crippen LogP contribution in [0.5, 0.6) is 5.75 Å². The Labute approximate surface area is 245 Å². The van der Waals surface area contributed by atoms with Crippen LogP contribution in [0.3, 0.4) is 0 Å². The SMILES string of the molecule is CCCNC(=O)[C@@H](C)N(Cc1ccc(OC)cc1)C(=O)CN(c1cccc(Cl)c1Cl)S(=O)(=O)c1ccc(C)cc1. The number of sulfonamides is 1. The van der Waals surface area contributed by atoms with Crippen molar-refractivity contribution in [3.05, 3.63) is 87.9 Å². The van der Waals surface area contributed by atoms with Crippen molar-refractivity contribution in [3.63, 3.8) is 0 Å². The summed E-state index contributed by atoms with van der Waals surface area (Å²) in [4.78, 5) is 28.2. The van der Waals surface area contributed by atoms with E-state index in [0.717, 1.165) is 21.9 Å². The molecule has 3 aromatic rings. The lowest BCUT2D eigenvalue weighted by atomic mass is 10.1. The second-order valence-corrected chi connectivity index (χ2v) is 11.9. The Kier molecular flexibility index (Phi) is 10.8. The van der Waals surface area contributed by atoms with E-state index in [1.54, 1.807) is 56.5 Å². The molecule has 0 saturated carbocycles. The highest BCUT2D eigenvalue weighted by atomic mass is 35.5. The summed E-state index contributed by atoms with van der Waals surface area (Å²) in [7, 11) is -2.70. The second kappa shape index (κ2) is 13.9. The van der Waals surface area contributed by atoms with E-state index >= 15 is 0 Å². The molecule has 0 heterocycles. The molecule has 0 aliphatic heterocycles. The minimum Gasteiger partial charge on any atom is -0.497 e. The molecule has 0 bridgehead atoms. The van der Waals surface area contributed by atoms with E-state index in [2.05, 4.69) is 5.32 Å². The van der Waals surface area contributed by atoms with Gasteiger partial charge in [0.1, 0.15) is 18.3 Å². The van der Waals surface area contributed by atoms with E-state index in [4.69, 9.17) is 27.9 Å². The standard InChI is InChI=1S/C29H33Cl2N3O5S/c1-5-17-32-29(36)21(3)33(18-22-11-13-23(39-4)14-12-22)27(35)19-34(26-8-6-7-25(30)28(26)31)40(37,38)24-15-9-20(2)10-16-24/h6-16,21H,5,17-19H2,1-4H3,(H,32,36)/t21-/m1/s1. The fourth-order valence-corrected chi connectivity index (χ4v) is 5.82. The number of aryl methyl sites for hydroxylation is 1. The summed E-state index contributed by atoms with van der Waals surface area (Å²) in [5.41, 5.74) is 1.66. The maximum absolute atomic E-state index is 13.9. The van der Waals surface area contributed by atoms with E-state index in [1.807, 2.05) is 13.8 Å². The predicted octanol–water partition coefficient (Wildman–Crippen LogP) is 5.45. The van der Waals surface area contributed by atoms with Crippen molar-refractivity contribution in [3.8, 4) is 5.75 Å². The summed E-state index contributed by atoms with van der Waals surface area (Å²) < 4.78 is 34.0. The number of hydrogen-bond acceptors (Lipinski definition) is 5. The van der Waals surface area contributed by atoms with Crippen LogP contribution in [0.4, 0.5) is 5.69 Å². The van der Waals surface area contributed by atoms with Gasteiger partial charge in [0.2, 0.25) is 11.8 Å². The van der Waals surface area contributed by atoms with E-state index in [0.29, 0.717) is 12.3 Å². The predicted molar refractivity (Wildman–Crippen MR) is 158 cm³/mol. The highest BCUT2D eigenvalue weighted by molar-refractivity contribution is 7.92. The van der Waals surface area contributed by atoms with Crippen LogP contribution < -0.4 is 14.4 Å². The van der Waals surface area contributed by atoms with Crippen molar-refractivity contribution < 1.29 is 22.7 Å². The average Bonchev–Trinajstić information content (AvgIpc) is 2.95. The molecule has 3 rings (SSSR count). The molecule has 0 unspecified atom stereocenters. The van der Waals surface area contributed by atoms with Gasteiger partial charge in [-0.2, -0.15) is 0 Å². The fraction of sp³-hybridized carbons (Fsp3) is 0.310. The number of benzene rings is 3. The minimum atomic E-state index is -4.26. The van der Waals surface area contributed by atoms with Crippen LogP contribution in [0.2, 0.25) is 10.0 Å². The Morgan fingerprint density at radius 3 is 2.25 bits per heavy atom. The van der Waals surface area contributed by atoms with Crippen LogP contribution in [-0.2, 0) is 26.2 Å². The third kappa shape index (κ3) is 7.47. The Bertz CT molecular complexity index is 1430. The third-order valence-corrected chi connectivity index (χ3v) is 8.90. The molecule has 0 saturated heterocycles. The number of ether oxygens (including phenoxy) is 1. The van der Waals surface area contributed by atoms with Gasteiger partial charge in [0.05, 0.1) is 27.7 Å². The number of halogens is 2. The van der Waals surface area contributed by atoms with Gasteiger partial charge in [0.15, 0.2) is 0 Å². The lowest BCUT2D eigenvalue weighted by Crippen LogP contribution is -2.51. The molecule has 0 aliphatic rings. The molecule has 8 nitrogen and oxygen atoms in total. The van der Waals surface area contributed by atoms with Gasteiger partial charge >= 0.3 is 0 Å². The summed E-state index contributed by atoms with van der Waals surface area (Å²) in [6.07, 6.45) is 0.723. The van der Waals surface area contributed by atoms with Gasteiger partial charge in [-0.25, -0.2) is 8.42 Å². The average molecular weight is 607 g/mol. The first-order valence-corrected chi connectivity index (χ1v) is 14.9. The minimum absolute atomic E-state index is 0.0110. The number of amides is 2. The van der Waals surface area contributed by atoms with Crippen molar-refractivity contribution in [1.29, 1.82) is 0 Å². The highest BCUT2D eigenvalue weighted by Gasteiger charge is 2.33. The van der Waals surface area contributed by atoms with Gasteiger partial charge in [-0.05, 0) is 62.2 Å². The molecule has 3 aromatic carbocycles. The smallest absolute Gasteiger partial charge is 0.264 e. The highest BCUT2D eigenvalue weighted by Crippen LogP contribution is 2.35. The lowest BCUT2D eigenvalue weighted by Gasteiger charge is -2.32. The van der Waals surface area contributed by atoms with Crippen LogP contribution >= 0.6 is 23.2 Å². The molecular weight excluding hydrogens is 573 g/mol. The molecule has 11 heteroatoms. The number of hydrogen-bond donors (Lipinski definition) is 1. The van der Waals surface area contributed by atoms with Crippen molar-refractivity contribution in [2.75, 3.05) is 24.5 Å². The summed E-state index contributed by atoms with van der Waals surface area (Å²) in [5, 5.41) is 2.94. The van der Waals surface area contributed by atoms with Crippen molar-refractivity contribution >= 4 is 50.7 Å². The molecule has 40 heavy (non-hydrogen) atoms. The van der Waals surface area contributed by atoms with Crippen molar-refractivity contribution in [1.82, 2.24) is 10.2 Å². The van der Waals surface area contributed by atoms with Crippen molar-refractivity contribution in [2.24, 2.45) is 0 Å². The molecule has 1 atom stereocenters. The zero-order valence-corrected chi connectivity index (χ0v) is 25.2.